The number of fused-ring (bicyclic) bond motifs is 1. The fourth-order valence-electron chi connectivity index (χ4n) is 2.35. The van der Waals surface area contributed by atoms with Crippen LogP contribution in [0.15, 0.2) is 29.6 Å². The van der Waals surface area contributed by atoms with Crippen LogP contribution in [0.2, 0.25) is 0 Å². The van der Waals surface area contributed by atoms with Crippen LogP contribution >= 0.6 is 0 Å². The number of pyridine rings is 1. The van der Waals surface area contributed by atoms with Crippen molar-refractivity contribution < 1.29 is 0 Å². The van der Waals surface area contributed by atoms with Gasteiger partial charge in [-0.1, -0.05) is 0 Å². The summed E-state index contributed by atoms with van der Waals surface area (Å²) < 4.78 is 1.59. The van der Waals surface area contributed by atoms with Crippen LogP contribution in [0.25, 0.3) is 22.2 Å². The van der Waals surface area contributed by atoms with Gasteiger partial charge in [-0.2, -0.15) is 4.98 Å². The number of aryl methyl sites for hydroxylation is 2. The largest absolute Gasteiger partial charge is 0.368 e. The molecule has 0 aromatic carbocycles. The van der Waals surface area contributed by atoms with Gasteiger partial charge in [-0.05, 0) is 19.9 Å². The summed E-state index contributed by atoms with van der Waals surface area (Å²) in [6.45, 7) is 4.22. The van der Waals surface area contributed by atoms with Crippen molar-refractivity contribution in [2.24, 2.45) is 0 Å². The Kier molecular flexibility index (Phi) is 3.09. The molecule has 0 atom stereocenters. The summed E-state index contributed by atoms with van der Waals surface area (Å²) in [5, 5.41) is 0.796. The number of hydrogen-bond donors (Lipinski definition) is 1. The van der Waals surface area contributed by atoms with Gasteiger partial charge in [0, 0.05) is 29.9 Å². The first-order valence-electron chi connectivity index (χ1n) is 6.55. The highest BCUT2D eigenvalue weighted by atomic mass is 16.1. The average Bonchev–Trinajstić information content (AvgIpc) is 2.47. The Morgan fingerprint density at radius 3 is 2.62 bits per heavy atom. The molecule has 0 amide bonds. The van der Waals surface area contributed by atoms with Gasteiger partial charge < -0.3 is 5.73 Å². The molecule has 0 aliphatic heterocycles. The van der Waals surface area contributed by atoms with Crippen molar-refractivity contribution in [2.75, 3.05) is 5.73 Å². The Morgan fingerprint density at radius 1 is 1.24 bits per heavy atom. The van der Waals surface area contributed by atoms with E-state index in [1.54, 1.807) is 23.0 Å². The maximum absolute atomic E-state index is 12.6. The molecule has 7 heteroatoms. The van der Waals surface area contributed by atoms with Crippen LogP contribution in [0.5, 0.6) is 0 Å². The molecule has 0 aliphatic carbocycles. The molecule has 0 saturated carbocycles. The fourth-order valence-corrected chi connectivity index (χ4v) is 2.35. The third-order valence-corrected chi connectivity index (χ3v) is 3.34. The lowest BCUT2D eigenvalue weighted by atomic mass is 10.1. The van der Waals surface area contributed by atoms with Crippen LogP contribution in [0.1, 0.15) is 12.6 Å². The predicted octanol–water partition coefficient (Wildman–Crippen LogP) is 1.16. The smallest absolute Gasteiger partial charge is 0.260 e. The molecule has 7 nitrogen and oxygen atoms in total. The zero-order valence-electron chi connectivity index (χ0n) is 11.7. The van der Waals surface area contributed by atoms with Crippen LogP contribution in [-0.4, -0.2) is 24.5 Å². The van der Waals surface area contributed by atoms with Crippen molar-refractivity contribution in [3.63, 3.8) is 0 Å². The monoisotopic (exact) mass is 282 g/mol. The molecule has 3 heterocycles. The van der Waals surface area contributed by atoms with E-state index < -0.39 is 0 Å². The Morgan fingerprint density at radius 2 is 1.95 bits per heavy atom. The minimum atomic E-state index is -0.141. The number of rotatable bonds is 2. The van der Waals surface area contributed by atoms with Gasteiger partial charge in [-0.25, -0.2) is 15.0 Å². The van der Waals surface area contributed by atoms with Gasteiger partial charge in [0.15, 0.2) is 0 Å². The Hall–Kier alpha value is -2.83. The molecule has 0 fully saturated rings. The maximum Gasteiger partial charge on any atom is 0.260 e. The lowest BCUT2D eigenvalue weighted by Crippen LogP contribution is -2.23. The second kappa shape index (κ2) is 4.93. The first-order chi connectivity index (χ1) is 10.1. The SMILES string of the molecule is CCn1c(=O)c(-c2cncnc2)cc2c(C)nc(N)nc21. The minimum Gasteiger partial charge on any atom is -0.368 e. The predicted molar refractivity (Wildman–Crippen MR) is 79.6 cm³/mol. The molecular weight excluding hydrogens is 268 g/mol. The number of nitrogen functional groups attached to an aromatic ring is 1. The summed E-state index contributed by atoms with van der Waals surface area (Å²) in [6.07, 6.45) is 4.66. The van der Waals surface area contributed by atoms with Crippen LogP contribution < -0.4 is 11.3 Å². The molecule has 0 unspecified atom stereocenters. The zero-order chi connectivity index (χ0) is 15.0. The van der Waals surface area contributed by atoms with Crippen LogP contribution in [0.3, 0.4) is 0 Å². The summed E-state index contributed by atoms with van der Waals surface area (Å²) in [4.78, 5) is 28.9. The second-order valence-corrected chi connectivity index (χ2v) is 4.64. The van der Waals surface area contributed by atoms with Crippen LogP contribution in [-0.2, 0) is 6.54 Å². The molecule has 0 spiro atoms. The molecule has 0 bridgehead atoms. The van der Waals surface area contributed by atoms with Gasteiger partial charge in [-0.15, -0.1) is 0 Å². The van der Waals surface area contributed by atoms with Gasteiger partial charge in [-0.3, -0.25) is 9.36 Å². The molecule has 3 rings (SSSR count). The minimum absolute atomic E-state index is 0.141. The Bertz CT molecular complexity index is 872. The van der Waals surface area contributed by atoms with Crippen molar-refractivity contribution >= 4 is 17.0 Å². The van der Waals surface area contributed by atoms with Crippen LogP contribution in [0, 0.1) is 6.92 Å². The molecule has 0 radical (unpaired) electrons. The van der Waals surface area contributed by atoms with E-state index in [2.05, 4.69) is 19.9 Å². The van der Waals surface area contributed by atoms with E-state index in [9.17, 15) is 4.79 Å². The van der Waals surface area contributed by atoms with E-state index in [4.69, 9.17) is 5.73 Å². The number of aromatic nitrogens is 5. The average molecular weight is 282 g/mol. The highest BCUT2D eigenvalue weighted by molar-refractivity contribution is 5.83. The Labute approximate surface area is 120 Å². The molecule has 3 aromatic heterocycles. The van der Waals surface area contributed by atoms with Gasteiger partial charge in [0.05, 0.1) is 11.3 Å². The quantitative estimate of drug-likeness (QED) is 0.757. The molecule has 0 aliphatic rings. The van der Waals surface area contributed by atoms with E-state index in [1.807, 2.05) is 13.8 Å². The molecule has 0 saturated heterocycles. The highest BCUT2D eigenvalue weighted by Gasteiger charge is 2.14. The van der Waals surface area contributed by atoms with E-state index in [1.165, 1.54) is 6.33 Å². The molecular formula is C14H14N6O. The number of nitrogens with zero attached hydrogens (tertiary/aromatic N) is 5. The van der Waals surface area contributed by atoms with E-state index in [-0.39, 0.29) is 11.5 Å². The Balaban J connectivity index is 2.44. The lowest BCUT2D eigenvalue weighted by molar-refractivity contribution is 0.750. The van der Waals surface area contributed by atoms with E-state index in [0.29, 0.717) is 23.3 Å². The van der Waals surface area contributed by atoms with Crippen molar-refractivity contribution in [2.45, 2.75) is 20.4 Å². The summed E-state index contributed by atoms with van der Waals surface area (Å²) in [6, 6.07) is 1.78. The number of hydrogen-bond acceptors (Lipinski definition) is 6. The summed E-state index contributed by atoms with van der Waals surface area (Å²) in [5.74, 6) is 0.164. The molecule has 2 N–H and O–H groups in total. The first-order valence-corrected chi connectivity index (χ1v) is 6.55. The van der Waals surface area contributed by atoms with Gasteiger partial charge in [0.25, 0.3) is 5.56 Å². The van der Waals surface area contributed by atoms with E-state index >= 15 is 0 Å². The first kappa shape index (κ1) is 13.2. The van der Waals surface area contributed by atoms with Gasteiger partial charge in [0.2, 0.25) is 5.95 Å². The zero-order valence-corrected chi connectivity index (χ0v) is 11.7. The summed E-state index contributed by atoms with van der Waals surface area (Å²) in [7, 11) is 0. The van der Waals surface area contributed by atoms with Crippen molar-refractivity contribution in [3.8, 4) is 11.1 Å². The van der Waals surface area contributed by atoms with Crippen molar-refractivity contribution in [3.05, 3.63) is 40.8 Å². The van der Waals surface area contributed by atoms with Gasteiger partial charge >= 0.3 is 0 Å². The standard InChI is InChI=1S/C14H14N6O/c1-3-20-12-10(8(2)18-14(15)19-12)4-11(13(20)21)9-5-16-7-17-6-9/h4-7H,3H2,1-2H3,(H2,15,18,19). The second-order valence-electron chi connectivity index (χ2n) is 4.64. The fraction of sp³-hybridized carbons (Fsp3) is 0.214. The normalized spacial score (nSPS) is 11.0. The van der Waals surface area contributed by atoms with Gasteiger partial charge in [0.1, 0.15) is 12.0 Å². The third kappa shape index (κ3) is 2.12. The number of nitrogens with two attached hydrogens (primary N) is 1. The molecule has 106 valence electrons. The van der Waals surface area contributed by atoms with Crippen LogP contribution in [0.4, 0.5) is 5.95 Å². The highest BCUT2D eigenvalue weighted by Crippen LogP contribution is 2.21. The molecule has 3 aromatic rings. The third-order valence-electron chi connectivity index (χ3n) is 3.34. The van der Waals surface area contributed by atoms with Crippen molar-refractivity contribution in [1.82, 2.24) is 24.5 Å². The maximum atomic E-state index is 12.6. The summed E-state index contributed by atoms with van der Waals surface area (Å²) >= 11 is 0. The van der Waals surface area contributed by atoms with E-state index in [0.717, 1.165) is 11.1 Å². The summed E-state index contributed by atoms with van der Waals surface area (Å²) in [5.41, 5.74) is 8.03. The topological polar surface area (TPSA) is 99.6 Å². The van der Waals surface area contributed by atoms with Crippen molar-refractivity contribution in [1.29, 1.82) is 0 Å². The lowest BCUT2D eigenvalue weighted by Gasteiger charge is -2.11. The molecule has 21 heavy (non-hydrogen) atoms. The number of anilines is 1.